The highest BCUT2D eigenvalue weighted by Gasteiger charge is 2.30. The van der Waals surface area contributed by atoms with Crippen molar-refractivity contribution in [1.29, 1.82) is 0 Å². The highest BCUT2D eigenvalue weighted by molar-refractivity contribution is 7.99. The summed E-state index contributed by atoms with van der Waals surface area (Å²) in [5, 5.41) is 11.3. The lowest BCUT2D eigenvalue weighted by Gasteiger charge is -2.09. The van der Waals surface area contributed by atoms with Crippen molar-refractivity contribution in [2.45, 2.75) is 11.3 Å². The maximum atomic E-state index is 12.6. The number of benzene rings is 2. The van der Waals surface area contributed by atoms with Gasteiger partial charge >= 0.3 is 6.18 Å². The van der Waals surface area contributed by atoms with Crippen LogP contribution in [0.1, 0.15) is 5.56 Å². The summed E-state index contributed by atoms with van der Waals surface area (Å²) in [4.78, 5) is 12.1. The van der Waals surface area contributed by atoms with Gasteiger partial charge < -0.3 is 14.6 Å². The highest BCUT2D eigenvalue weighted by Crippen LogP contribution is 2.30. The fourth-order valence-corrected chi connectivity index (χ4v) is 3.23. The van der Waals surface area contributed by atoms with Gasteiger partial charge in [-0.3, -0.25) is 4.79 Å². The number of nitrogens with zero attached hydrogens (tertiary/aromatic N) is 3. The predicted molar refractivity (Wildman–Crippen MR) is 104 cm³/mol. The van der Waals surface area contributed by atoms with Gasteiger partial charge in [0.15, 0.2) is 11.0 Å². The minimum absolute atomic E-state index is 0.0328. The lowest BCUT2D eigenvalue weighted by Crippen LogP contribution is -2.14. The molecule has 0 unspecified atom stereocenters. The Kier molecular flexibility index (Phi) is 6.12. The molecule has 1 N–H and O–H groups in total. The maximum absolute atomic E-state index is 12.6. The molecule has 0 atom stereocenters. The van der Waals surface area contributed by atoms with Gasteiger partial charge in [-0.15, -0.1) is 10.2 Å². The Morgan fingerprint density at radius 1 is 1.17 bits per heavy atom. The van der Waals surface area contributed by atoms with Crippen LogP contribution in [0, 0.1) is 0 Å². The number of alkyl halides is 3. The molecule has 152 valence electrons. The first-order valence-corrected chi connectivity index (χ1v) is 9.40. The molecule has 1 aromatic heterocycles. The summed E-state index contributed by atoms with van der Waals surface area (Å²) < 4.78 is 44.7. The summed E-state index contributed by atoms with van der Waals surface area (Å²) in [6, 6.07) is 11.6. The summed E-state index contributed by atoms with van der Waals surface area (Å²) in [5.41, 5.74) is 0.341. The Bertz CT molecular complexity index is 1000. The molecular formula is C19H17F3N4O2S. The normalized spacial score (nSPS) is 11.3. The number of hydrogen-bond donors (Lipinski definition) is 1. The van der Waals surface area contributed by atoms with Crippen molar-refractivity contribution in [2.75, 3.05) is 18.2 Å². The molecule has 0 saturated carbocycles. The van der Waals surface area contributed by atoms with Gasteiger partial charge in [0.1, 0.15) is 5.75 Å². The average molecular weight is 422 g/mol. The molecule has 29 heavy (non-hydrogen) atoms. The number of amides is 1. The van der Waals surface area contributed by atoms with Gasteiger partial charge in [-0.25, -0.2) is 0 Å². The van der Waals surface area contributed by atoms with E-state index in [1.165, 1.54) is 23.9 Å². The molecule has 0 aliphatic heterocycles. The second-order valence-corrected chi connectivity index (χ2v) is 6.95. The van der Waals surface area contributed by atoms with E-state index in [1.54, 1.807) is 18.7 Å². The van der Waals surface area contributed by atoms with E-state index in [2.05, 4.69) is 15.5 Å². The Labute approximate surface area is 169 Å². The minimum Gasteiger partial charge on any atom is -0.497 e. The number of hydrogen-bond acceptors (Lipinski definition) is 5. The van der Waals surface area contributed by atoms with Gasteiger partial charge in [0, 0.05) is 18.3 Å². The van der Waals surface area contributed by atoms with Gasteiger partial charge in [0.2, 0.25) is 5.91 Å². The number of nitrogens with one attached hydrogen (secondary N) is 1. The largest absolute Gasteiger partial charge is 0.497 e. The lowest BCUT2D eigenvalue weighted by molar-refractivity contribution is -0.137. The molecule has 3 rings (SSSR count). The number of methoxy groups -OCH3 is 1. The molecule has 0 bridgehead atoms. The second kappa shape index (κ2) is 8.56. The van der Waals surface area contributed by atoms with Gasteiger partial charge in [0.25, 0.3) is 0 Å². The van der Waals surface area contributed by atoms with E-state index in [0.29, 0.717) is 22.4 Å². The summed E-state index contributed by atoms with van der Waals surface area (Å²) in [6.07, 6.45) is -4.41. The first kappa shape index (κ1) is 20.7. The average Bonchev–Trinajstić information content (AvgIpc) is 3.06. The standard InChI is InChI=1S/C19H17F3N4O2S/c1-26-17(12-4-3-5-15(10-12)28-2)24-25-18(26)29-11-16(27)23-14-8-6-13(7-9-14)19(20,21)22/h3-10H,11H2,1-2H3,(H,23,27). The summed E-state index contributed by atoms with van der Waals surface area (Å²) in [6.45, 7) is 0. The monoisotopic (exact) mass is 422 g/mol. The van der Waals surface area contributed by atoms with E-state index >= 15 is 0 Å². The SMILES string of the molecule is COc1cccc(-c2nnc(SCC(=O)Nc3ccc(C(F)(F)F)cc3)n2C)c1. The Hall–Kier alpha value is -3.01. The third kappa shape index (κ3) is 5.08. The Balaban J connectivity index is 1.61. The van der Waals surface area contributed by atoms with Gasteiger partial charge in [-0.1, -0.05) is 23.9 Å². The van der Waals surface area contributed by atoms with Crippen molar-refractivity contribution in [3.05, 3.63) is 54.1 Å². The van der Waals surface area contributed by atoms with Crippen LogP contribution in [-0.4, -0.2) is 33.5 Å². The lowest BCUT2D eigenvalue weighted by atomic mass is 10.2. The van der Waals surface area contributed by atoms with Crippen LogP contribution in [0.15, 0.2) is 53.7 Å². The molecule has 0 aliphatic rings. The van der Waals surface area contributed by atoms with Crippen LogP contribution >= 0.6 is 11.8 Å². The van der Waals surface area contributed by atoms with E-state index in [9.17, 15) is 18.0 Å². The van der Waals surface area contributed by atoms with E-state index in [0.717, 1.165) is 17.7 Å². The van der Waals surface area contributed by atoms with E-state index in [-0.39, 0.29) is 11.7 Å². The third-order valence-electron chi connectivity index (χ3n) is 3.99. The van der Waals surface area contributed by atoms with E-state index in [4.69, 9.17) is 4.74 Å². The molecule has 0 saturated heterocycles. The molecule has 0 fully saturated rings. The van der Waals surface area contributed by atoms with Crippen LogP contribution in [0.2, 0.25) is 0 Å². The van der Waals surface area contributed by atoms with Crippen LogP contribution in [0.5, 0.6) is 5.75 Å². The van der Waals surface area contributed by atoms with Crippen molar-refractivity contribution in [1.82, 2.24) is 14.8 Å². The van der Waals surface area contributed by atoms with E-state index in [1.807, 2.05) is 24.3 Å². The Morgan fingerprint density at radius 3 is 2.55 bits per heavy atom. The van der Waals surface area contributed by atoms with Gasteiger partial charge in [-0.05, 0) is 36.4 Å². The van der Waals surface area contributed by atoms with Crippen molar-refractivity contribution in [3.63, 3.8) is 0 Å². The molecule has 2 aromatic carbocycles. The zero-order valence-corrected chi connectivity index (χ0v) is 16.3. The topological polar surface area (TPSA) is 69.0 Å². The van der Waals surface area contributed by atoms with Crippen molar-refractivity contribution >= 4 is 23.4 Å². The molecule has 0 spiro atoms. The summed E-state index contributed by atoms with van der Waals surface area (Å²) >= 11 is 1.17. The van der Waals surface area contributed by atoms with Gasteiger partial charge in [0.05, 0.1) is 18.4 Å². The number of carbonyl (C=O) groups excluding carboxylic acids is 1. The third-order valence-corrected chi connectivity index (χ3v) is 5.01. The van der Waals surface area contributed by atoms with Crippen molar-refractivity contribution in [2.24, 2.45) is 7.05 Å². The van der Waals surface area contributed by atoms with Gasteiger partial charge in [-0.2, -0.15) is 13.2 Å². The molecule has 0 aliphatic carbocycles. The maximum Gasteiger partial charge on any atom is 0.416 e. The van der Waals surface area contributed by atoms with Crippen LogP contribution in [0.4, 0.5) is 18.9 Å². The first-order chi connectivity index (χ1) is 13.8. The number of thioether (sulfide) groups is 1. The summed E-state index contributed by atoms with van der Waals surface area (Å²) in [7, 11) is 3.36. The molecule has 10 heteroatoms. The van der Waals surface area contributed by atoms with Crippen LogP contribution < -0.4 is 10.1 Å². The van der Waals surface area contributed by atoms with Crippen LogP contribution in [0.25, 0.3) is 11.4 Å². The molecule has 0 radical (unpaired) electrons. The highest BCUT2D eigenvalue weighted by atomic mass is 32.2. The summed E-state index contributed by atoms with van der Waals surface area (Å²) in [5.74, 6) is 0.983. The predicted octanol–water partition coefficient (Wildman–Crippen LogP) is 4.24. The zero-order chi connectivity index (χ0) is 21.0. The number of carbonyl (C=O) groups is 1. The zero-order valence-electron chi connectivity index (χ0n) is 15.5. The fourth-order valence-electron chi connectivity index (χ4n) is 2.52. The minimum atomic E-state index is -4.41. The van der Waals surface area contributed by atoms with Crippen molar-refractivity contribution < 1.29 is 22.7 Å². The Morgan fingerprint density at radius 2 is 1.90 bits per heavy atom. The first-order valence-electron chi connectivity index (χ1n) is 8.41. The van der Waals surface area contributed by atoms with E-state index < -0.39 is 11.7 Å². The van der Waals surface area contributed by atoms with Crippen LogP contribution in [0.3, 0.4) is 0 Å². The number of aromatic nitrogens is 3. The number of halogens is 3. The number of anilines is 1. The molecule has 1 amide bonds. The fraction of sp³-hybridized carbons (Fsp3) is 0.211. The van der Waals surface area contributed by atoms with Crippen molar-refractivity contribution in [3.8, 4) is 17.1 Å². The quantitative estimate of drug-likeness (QED) is 0.602. The smallest absolute Gasteiger partial charge is 0.416 e. The van der Waals surface area contributed by atoms with Crippen LogP contribution in [-0.2, 0) is 18.0 Å². The number of ether oxygens (including phenoxy) is 1. The molecule has 3 aromatic rings. The second-order valence-electron chi connectivity index (χ2n) is 6.01. The molecular weight excluding hydrogens is 405 g/mol. The molecule has 1 heterocycles. The molecule has 6 nitrogen and oxygen atoms in total. The number of rotatable bonds is 6.